The van der Waals surface area contributed by atoms with Crippen LogP contribution in [-0.4, -0.2) is 18.1 Å². The third-order valence-electron chi connectivity index (χ3n) is 2.58. The fourth-order valence-electron chi connectivity index (χ4n) is 1.66. The molecule has 0 aromatic rings. The number of allylic oxidation sites excluding steroid dienone is 1. The van der Waals surface area contributed by atoms with Crippen LogP contribution in [0.15, 0.2) is 12.3 Å². The summed E-state index contributed by atoms with van der Waals surface area (Å²) in [5.41, 5.74) is 0.532. The molecular formula is C11H20OS. The molecule has 1 saturated heterocycles. The molecule has 0 aromatic carbocycles. The first kappa shape index (κ1) is 11.0. The summed E-state index contributed by atoms with van der Waals surface area (Å²) in [6.45, 7) is 5.25. The standard InChI is InChI=1S/C11H20OS/c1-3-7-12-8-6-11(2)5-4-9-13-10-11/h3,7H,4-6,8-10H2,1-2H3/b7-3+. The van der Waals surface area contributed by atoms with Gasteiger partial charge in [0, 0.05) is 0 Å². The second-order valence-corrected chi connectivity index (χ2v) is 5.16. The Morgan fingerprint density at radius 3 is 3.00 bits per heavy atom. The molecule has 0 bridgehead atoms. The van der Waals surface area contributed by atoms with Crippen LogP contribution < -0.4 is 0 Å². The van der Waals surface area contributed by atoms with Crippen molar-refractivity contribution in [3.05, 3.63) is 12.3 Å². The summed E-state index contributed by atoms with van der Waals surface area (Å²) in [6, 6.07) is 0. The number of hydrogen-bond acceptors (Lipinski definition) is 2. The highest BCUT2D eigenvalue weighted by Crippen LogP contribution is 2.36. The van der Waals surface area contributed by atoms with Crippen molar-refractivity contribution in [2.45, 2.75) is 33.1 Å². The molecule has 1 rings (SSSR count). The fraction of sp³-hybridized carbons (Fsp3) is 0.818. The summed E-state index contributed by atoms with van der Waals surface area (Å²) in [5.74, 6) is 2.66. The van der Waals surface area contributed by atoms with Crippen LogP contribution in [-0.2, 0) is 4.74 Å². The molecule has 1 aliphatic heterocycles. The smallest absolute Gasteiger partial charge is 0.0878 e. The maximum absolute atomic E-state index is 5.36. The molecule has 1 atom stereocenters. The molecule has 0 spiro atoms. The molecule has 0 aliphatic carbocycles. The van der Waals surface area contributed by atoms with Gasteiger partial charge in [-0.25, -0.2) is 0 Å². The number of rotatable bonds is 4. The van der Waals surface area contributed by atoms with Crippen LogP contribution >= 0.6 is 11.8 Å². The van der Waals surface area contributed by atoms with E-state index in [1.165, 1.54) is 30.8 Å². The highest BCUT2D eigenvalue weighted by Gasteiger charge is 2.26. The summed E-state index contributed by atoms with van der Waals surface area (Å²) in [6.07, 6.45) is 7.69. The van der Waals surface area contributed by atoms with Crippen LogP contribution in [0.3, 0.4) is 0 Å². The third kappa shape index (κ3) is 4.08. The predicted octanol–water partition coefficient (Wildman–Crippen LogP) is 3.46. The molecule has 0 aromatic heterocycles. The van der Waals surface area contributed by atoms with E-state index in [0.717, 1.165) is 6.61 Å². The van der Waals surface area contributed by atoms with Crippen molar-refractivity contribution in [1.82, 2.24) is 0 Å². The maximum Gasteiger partial charge on any atom is 0.0878 e. The first-order valence-electron chi connectivity index (χ1n) is 5.07. The zero-order valence-corrected chi connectivity index (χ0v) is 9.53. The summed E-state index contributed by atoms with van der Waals surface area (Å²) in [7, 11) is 0. The largest absolute Gasteiger partial charge is 0.502 e. The minimum atomic E-state index is 0.532. The lowest BCUT2D eigenvalue weighted by Gasteiger charge is -2.32. The average molecular weight is 200 g/mol. The first-order chi connectivity index (χ1) is 6.27. The molecule has 1 aliphatic rings. The normalized spacial score (nSPS) is 29.4. The van der Waals surface area contributed by atoms with E-state index in [1.807, 2.05) is 13.0 Å². The van der Waals surface area contributed by atoms with Crippen molar-refractivity contribution in [2.75, 3.05) is 18.1 Å². The van der Waals surface area contributed by atoms with Gasteiger partial charge in [0.05, 0.1) is 12.9 Å². The van der Waals surface area contributed by atoms with E-state index < -0.39 is 0 Å². The predicted molar refractivity (Wildman–Crippen MR) is 60.0 cm³/mol. The van der Waals surface area contributed by atoms with Gasteiger partial charge in [-0.05, 0) is 43.1 Å². The second kappa shape index (κ2) is 5.58. The molecule has 76 valence electrons. The van der Waals surface area contributed by atoms with Crippen LogP contribution in [0.5, 0.6) is 0 Å². The van der Waals surface area contributed by atoms with E-state index in [9.17, 15) is 0 Å². The lowest BCUT2D eigenvalue weighted by atomic mass is 9.84. The van der Waals surface area contributed by atoms with Crippen LogP contribution in [0, 0.1) is 5.41 Å². The van der Waals surface area contributed by atoms with E-state index in [2.05, 4.69) is 18.7 Å². The summed E-state index contributed by atoms with van der Waals surface area (Å²) >= 11 is 2.09. The van der Waals surface area contributed by atoms with Gasteiger partial charge < -0.3 is 4.74 Å². The SMILES string of the molecule is C/C=C/OCCC1(C)CCCSC1. The molecular weight excluding hydrogens is 180 g/mol. The Bertz CT molecular complexity index is 159. The number of ether oxygens (including phenoxy) is 1. The van der Waals surface area contributed by atoms with E-state index >= 15 is 0 Å². The summed E-state index contributed by atoms with van der Waals surface area (Å²) < 4.78 is 5.36. The van der Waals surface area contributed by atoms with Crippen LogP contribution in [0.25, 0.3) is 0 Å². The quantitative estimate of drug-likeness (QED) is 0.508. The van der Waals surface area contributed by atoms with E-state index in [-0.39, 0.29) is 0 Å². The monoisotopic (exact) mass is 200 g/mol. The Labute approximate surface area is 85.9 Å². The molecule has 0 radical (unpaired) electrons. The zero-order valence-electron chi connectivity index (χ0n) is 8.71. The lowest BCUT2D eigenvalue weighted by Crippen LogP contribution is -2.25. The van der Waals surface area contributed by atoms with Gasteiger partial charge in [-0.2, -0.15) is 11.8 Å². The Balaban J connectivity index is 2.17. The van der Waals surface area contributed by atoms with Crippen LogP contribution in [0.2, 0.25) is 0 Å². The van der Waals surface area contributed by atoms with Crippen molar-refractivity contribution >= 4 is 11.8 Å². The Morgan fingerprint density at radius 2 is 2.38 bits per heavy atom. The van der Waals surface area contributed by atoms with Gasteiger partial charge in [0.2, 0.25) is 0 Å². The van der Waals surface area contributed by atoms with Crippen LogP contribution in [0.4, 0.5) is 0 Å². The van der Waals surface area contributed by atoms with E-state index in [0.29, 0.717) is 5.41 Å². The Morgan fingerprint density at radius 1 is 1.54 bits per heavy atom. The molecule has 0 saturated carbocycles. The summed E-state index contributed by atoms with van der Waals surface area (Å²) in [4.78, 5) is 0. The molecule has 0 N–H and O–H groups in total. The number of hydrogen-bond donors (Lipinski definition) is 0. The van der Waals surface area contributed by atoms with Crippen molar-refractivity contribution in [3.63, 3.8) is 0 Å². The number of thioether (sulfide) groups is 1. The van der Waals surface area contributed by atoms with Gasteiger partial charge in [0.15, 0.2) is 0 Å². The Kier molecular flexibility index (Phi) is 4.71. The zero-order chi connectivity index (χ0) is 9.57. The van der Waals surface area contributed by atoms with Crippen molar-refractivity contribution in [3.8, 4) is 0 Å². The molecule has 13 heavy (non-hydrogen) atoms. The second-order valence-electron chi connectivity index (χ2n) is 4.06. The van der Waals surface area contributed by atoms with E-state index in [1.54, 1.807) is 6.26 Å². The molecule has 1 heterocycles. The van der Waals surface area contributed by atoms with Gasteiger partial charge in [-0.15, -0.1) is 0 Å². The molecule has 1 nitrogen and oxygen atoms in total. The highest BCUT2D eigenvalue weighted by molar-refractivity contribution is 7.99. The molecule has 2 heteroatoms. The minimum Gasteiger partial charge on any atom is -0.502 e. The molecule has 0 amide bonds. The molecule has 1 fully saturated rings. The van der Waals surface area contributed by atoms with Crippen molar-refractivity contribution in [1.29, 1.82) is 0 Å². The van der Waals surface area contributed by atoms with E-state index in [4.69, 9.17) is 4.74 Å². The van der Waals surface area contributed by atoms with Gasteiger partial charge in [0.25, 0.3) is 0 Å². The van der Waals surface area contributed by atoms with Gasteiger partial charge in [0.1, 0.15) is 0 Å². The van der Waals surface area contributed by atoms with Gasteiger partial charge in [-0.3, -0.25) is 0 Å². The van der Waals surface area contributed by atoms with Crippen molar-refractivity contribution in [2.24, 2.45) is 5.41 Å². The molecule has 1 unspecified atom stereocenters. The highest BCUT2D eigenvalue weighted by atomic mass is 32.2. The maximum atomic E-state index is 5.36. The first-order valence-corrected chi connectivity index (χ1v) is 6.23. The lowest BCUT2D eigenvalue weighted by molar-refractivity contribution is 0.180. The third-order valence-corrected chi connectivity index (χ3v) is 4.05. The van der Waals surface area contributed by atoms with Crippen LogP contribution in [0.1, 0.15) is 33.1 Å². The topological polar surface area (TPSA) is 9.23 Å². The summed E-state index contributed by atoms with van der Waals surface area (Å²) in [5, 5.41) is 0. The fourth-order valence-corrected chi connectivity index (χ4v) is 2.93. The average Bonchev–Trinajstić information content (AvgIpc) is 2.14. The van der Waals surface area contributed by atoms with Crippen molar-refractivity contribution < 1.29 is 4.74 Å². The van der Waals surface area contributed by atoms with Gasteiger partial charge >= 0.3 is 0 Å². The Hall–Kier alpha value is -0.110. The minimum absolute atomic E-state index is 0.532. The van der Waals surface area contributed by atoms with Gasteiger partial charge in [-0.1, -0.05) is 13.0 Å².